The van der Waals surface area contributed by atoms with Crippen molar-refractivity contribution in [2.24, 2.45) is 5.73 Å². The van der Waals surface area contributed by atoms with Crippen molar-refractivity contribution in [3.8, 4) is 0 Å². The molecule has 2 heterocycles. The van der Waals surface area contributed by atoms with E-state index in [1.807, 2.05) is 0 Å². The highest BCUT2D eigenvalue weighted by molar-refractivity contribution is 5.82. The fraction of sp³-hybridized carbons (Fsp3) is 0.333. The molecule has 1 unspecified atom stereocenters. The maximum atomic E-state index is 6.07. The first-order valence-electron chi connectivity index (χ1n) is 5.12. The van der Waals surface area contributed by atoms with Gasteiger partial charge in [0.15, 0.2) is 0 Å². The lowest BCUT2D eigenvalue weighted by Crippen LogP contribution is -2.13. The van der Waals surface area contributed by atoms with E-state index < -0.39 is 0 Å². The van der Waals surface area contributed by atoms with Gasteiger partial charge in [-0.25, -0.2) is 0 Å². The van der Waals surface area contributed by atoms with Gasteiger partial charge in [0.1, 0.15) is 0 Å². The molecule has 1 aromatic carbocycles. The molecular formula is C12H14N2. The van der Waals surface area contributed by atoms with E-state index in [2.05, 4.69) is 35.8 Å². The van der Waals surface area contributed by atoms with Crippen LogP contribution in [0.4, 0.5) is 0 Å². The Hall–Kier alpha value is -1.28. The number of aryl methyl sites for hydroxylation is 2. The molecule has 0 saturated heterocycles. The highest BCUT2D eigenvalue weighted by Gasteiger charge is 2.20. The summed E-state index contributed by atoms with van der Waals surface area (Å²) in [6.07, 6.45) is 2.39. The number of hydrogen-bond acceptors (Lipinski definition) is 1. The van der Waals surface area contributed by atoms with Crippen LogP contribution in [0.3, 0.4) is 0 Å². The summed E-state index contributed by atoms with van der Waals surface area (Å²) in [5.74, 6) is 0. The minimum atomic E-state index is 0.185. The largest absolute Gasteiger partial charge is 0.329 e. The highest BCUT2D eigenvalue weighted by Crippen LogP contribution is 2.30. The minimum Gasteiger partial charge on any atom is -0.329 e. The van der Waals surface area contributed by atoms with Gasteiger partial charge >= 0.3 is 0 Å². The molecule has 1 aliphatic heterocycles. The fourth-order valence-corrected chi connectivity index (χ4v) is 2.40. The predicted molar refractivity (Wildman–Crippen MR) is 58.2 cm³/mol. The summed E-state index contributed by atoms with van der Waals surface area (Å²) in [6, 6.07) is 8.83. The molecule has 72 valence electrons. The van der Waals surface area contributed by atoms with Gasteiger partial charge in [-0.1, -0.05) is 12.1 Å². The van der Waals surface area contributed by atoms with E-state index in [9.17, 15) is 0 Å². The summed E-state index contributed by atoms with van der Waals surface area (Å²) < 4.78 is 2.28. The van der Waals surface area contributed by atoms with Crippen LogP contribution in [-0.4, -0.2) is 4.57 Å². The zero-order valence-electron chi connectivity index (χ0n) is 8.33. The molecule has 2 N–H and O–H groups in total. The molecule has 2 nitrogen and oxygen atoms in total. The Kier molecular flexibility index (Phi) is 1.50. The van der Waals surface area contributed by atoms with Crippen molar-refractivity contribution in [1.82, 2.24) is 4.57 Å². The van der Waals surface area contributed by atoms with E-state index in [-0.39, 0.29) is 6.17 Å². The normalized spacial score (nSPS) is 20.3. The zero-order valence-corrected chi connectivity index (χ0v) is 8.33. The van der Waals surface area contributed by atoms with E-state index in [4.69, 9.17) is 5.73 Å². The number of rotatable bonds is 0. The third kappa shape index (κ3) is 0.946. The van der Waals surface area contributed by atoms with Gasteiger partial charge < -0.3 is 10.3 Å². The van der Waals surface area contributed by atoms with Crippen LogP contribution in [0.2, 0.25) is 0 Å². The highest BCUT2D eigenvalue weighted by atomic mass is 15.1. The first-order valence-corrected chi connectivity index (χ1v) is 5.12. The lowest BCUT2D eigenvalue weighted by molar-refractivity contribution is 0.567. The van der Waals surface area contributed by atoms with Crippen LogP contribution < -0.4 is 5.73 Å². The number of fused-ring (bicyclic) bond motifs is 3. The van der Waals surface area contributed by atoms with Gasteiger partial charge in [0.2, 0.25) is 0 Å². The summed E-state index contributed by atoms with van der Waals surface area (Å²) >= 11 is 0. The van der Waals surface area contributed by atoms with Crippen molar-refractivity contribution >= 4 is 10.9 Å². The van der Waals surface area contributed by atoms with Gasteiger partial charge in [-0.3, -0.25) is 0 Å². The Labute approximate surface area is 83.3 Å². The Morgan fingerprint density at radius 2 is 2.21 bits per heavy atom. The molecule has 14 heavy (non-hydrogen) atoms. The maximum Gasteiger partial charge on any atom is 0.0821 e. The Balaban J connectivity index is 2.38. The molecular weight excluding hydrogens is 172 g/mol. The molecule has 0 radical (unpaired) electrons. The molecule has 1 aliphatic rings. The van der Waals surface area contributed by atoms with Crippen molar-refractivity contribution in [3.05, 3.63) is 35.5 Å². The molecule has 2 aromatic rings. The molecule has 0 fully saturated rings. The summed E-state index contributed by atoms with van der Waals surface area (Å²) in [4.78, 5) is 0. The summed E-state index contributed by atoms with van der Waals surface area (Å²) in [6.45, 7) is 2.12. The van der Waals surface area contributed by atoms with Gasteiger partial charge in [-0.15, -0.1) is 0 Å². The van der Waals surface area contributed by atoms with Crippen molar-refractivity contribution < 1.29 is 0 Å². The quantitative estimate of drug-likeness (QED) is 0.672. The van der Waals surface area contributed by atoms with E-state index >= 15 is 0 Å². The summed E-state index contributed by atoms with van der Waals surface area (Å²) in [5, 5.41) is 1.32. The number of aromatic nitrogens is 1. The van der Waals surface area contributed by atoms with Crippen molar-refractivity contribution in [2.45, 2.75) is 25.9 Å². The molecule has 2 heteroatoms. The lowest BCUT2D eigenvalue weighted by Gasteiger charge is -2.08. The fourth-order valence-electron chi connectivity index (χ4n) is 2.40. The van der Waals surface area contributed by atoms with Gasteiger partial charge in [-0.2, -0.15) is 0 Å². The van der Waals surface area contributed by atoms with Gasteiger partial charge in [0.25, 0.3) is 0 Å². The van der Waals surface area contributed by atoms with Crippen LogP contribution in [0.15, 0.2) is 24.3 Å². The first kappa shape index (κ1) is 8.06. The zero-order chi connectivity index (χ0) is 9.71. The molecule has 0 amide bonds. The topological polar surface area (TPSA) is 30.9 Å². The average Bonchev–Trinajstić information content (AvgIpc) is 2.67. The van der Waals surface area contributed by atoms with Crippen molar-refractivity contribution in [1.29, 1.82) is 0 Å². The van der Waals surface area contributed by atoms with Gasteiger partial charge in [0, 0.05) is 11.2 Å². The second-order valence-corrected chi connectivity index (χ2v) is 4.17. The lowest BCUT2D eigenvalue weighted by atomic mass is 10.1. The number of benzene rings is 1. The molecule has 3 rings (SSSR count). The summed E-state index contributed by atoms with van der Waals surface area (Å²) in [5.41, 5.74) is 10.1. The van der Waals surface area contributed by atoms with Crippen LogP contribution in [0.25, 0.3) is 10.9 Å². The van der Waals surface area contributed by atoms with E-state index in [0.717, 1.165) is 12.8 Å². The van der Waals surface area contributed by atoms with E-state index in [0.29, 0.717) is 0 Å². The molecule has 0 saturated carbocycles. The SMILES string of the molecule is Cc1ccc2cc3n(c2c1)C(N)CC3. The Morgan fingerprint density at radius 3 is 3.07 bits per heavy atom. The molecule has 1 atom stereocenters. The molecule has 0 spiro atoms. The second-order valence-electron chi connectivity index (χ2n) is 4.17. The number of hydrogen-bond donors (Lipinski definition) is 1. The van der Waals surface area contributed by atoms with Crippen LogP contribution in [0, 0.1) is 6.92 Å². The molecule has 0 aliphatic carbocycles. The van der Waals surface area contributed by atoms with Crippen LogP contribution in [-0.2, 0) is 6.42 Å². The summed E-state index contributed by atoms with van der Waals surface area (Å²) in [7, 11) is 0. The third-order valence-electron chi connectivity index (χ3n) is 3.10. The van der Waals surface area contributed by atoms with Crippen LogP contribution in [0.1, 0.15) is 23.8 Å². The average molecular weight is 186 g/mol. The Bertz CT molecular complexity index is 496. The maximum absolute atomic E-state index is 6.07. The first-order chi connectivity index (χ1) is 6.75. The molecule has 1 aromatic heterocycles. The van der Waals surface area contributed by atoms with Crippen LogP contribution >= 0.6 is 0 Å². The van der Waals surface area contributed by atoms with E-state index in [1.54, 1.807) is 0 Å². The van der Waals surface area contributed by atoms with Crippen LogP contribution in [0.5, 0.6) is 0 Å². The minimum absolute atomic E-state index is 0.185. The van der Waals surface area contributed by atoms with Gasteiger partial charge in [0.05, 0.1) is 6.17 Å². The van der Waals surface area contributed by atoms with E-state index in [1.165, 1.54) is 22.2 Å². The second kappa shape index (κ2) is 2.61. The third-order valence-corrected chi connectivity index (χ3v) is 3.10. The standard InChI is InChI=1S/C12H14N2/c1-8-2-3-9-7-10-4-5-12(13)14(10)11(9)6-8/h2-3,6-7,12H,4-5,13H2,1H3. The Morgan fingerprint density at radius 1 is 1.36 bits per heavy atom. The monoisotopic (exact) mass is 186 g/mol. The van der Waals surface area contributed by atoms with Crippen molar-refractivity contribution in [3.63, 3.8) is 0 Å². The van der Waals surface area contributed by atoms with Gasteiger partial charge in [-0.05, 0) is 42.8 Å². The smallest absolute Gasteiger partial charge is 0.0821 e. The molecule has 0 bridgehead atoms. The van der Waals surface area contributed by atoms with Crippen molar-refractivity contribution in [2.75, 3.05) is 0 Å². The predicted octanol–water partition coefficient (Wildman–Crippen LogP) is 2.35. The number of nitrogens with two attached hydrogens (primary N) is 1. The number of nitrogens with zero attached hydrogens (tertiary/aromatic N) is 1.